The summed E-state index contributed by atoms with van der Waals surface area (Å²) in [5.41, 5.74) is 2.12. The summed E-state index contributed by atoms with van der Waals surface area (Å²) in [6.45, 7) is 0. The Labute approximate surface area is 163 Å². The summed E-state index contributed by atoms with van der Waals surface area (Å²) >= 11 is 9.06. The predicted octanol–water partition coefficient (Wildman–Crippen LogP) is 7.01. The zero-order valence-electron chi connectivity index (χ0n) is 13.3. The highest BCUT2D eigenvalue weighted by Gasteiger charge is 2.23. The van der Waals surface area contributed by atoms with Crippen molar-refractivity contribution in [1.29, 1.82) is 5.26 Å². The van der Waals surface area contributed by atoms with Gasteiger partial charge in [-0.2, -0.15) is 5.26 Å². The molecule has 0 aliphatic carbocycles. The maximum absolute atomic E-state index is 9.75. The average molecular weight is 395 g/mol. The zero-order chi connectivity index (χ0) is 17.9. The molecule has 0 aliphatic heterocycles. The van der Waals surface area contributed by atoms with Gasteiger partial charge < -0.3 is 4.42 Å². The van der Waals surface area contributed by atoms with Crippen LogP contribution >= 0.6 is 34.3 Å². The molecule has 0 saturated carbocycles. The molecule has 0 fully saturated rings. The van der Waals surface area contributed by atoms with Crippen LogP contribution in [-0.4, -0.2) is 6.21 Å². The predicted molar refractivity (Wildman–Crippen MR) is 109 cm³/mol. The lowest BCUT2D eigenvalue weighted by Gasteiger charge is -1.97. The highest BCUT2D eigenvalue weighted by Crippen LogP contribution is 2.45. The average Bonchev–Trinajstić information content (AvgIpc) is 3.40. The van der Waals surface area contributed by atoms with Gasteiger partial charge in [-0.1, -0.05) is 35.9 Å². The molecule has 6 heteroatoms. The summed E-state index contributed by atoms with van der Waals surface area (Å²) in [6, 6.07) is 17.5. The van der Waals surface area contributed by atoms with Crippen molar-refractivity contribution in [3.05, 3.63) is 75.4 Å². The van der Waals surface area contributed by atoms with Crippen molar-refractivity contribution in [3.8, 4) is 27.1 Å². The number of furan rings is 1. The molecule has 0 N–H and O–H groups in total. The number of halogens is 1. The molecule has 0 unspecified atom stereocenters. The number of hydrogen-bond donors (Lipinski definition) is 0. The molecule has 3 heterocycles. The number of nitriles is 1. The summed E-state index contributed by atoms with van der Waals surface area (Å²) in [4.78, 5) is 6.39. The molecule has 1 aromatic carbocycles. The first-order valence-corrected chi connectivity index (χ1v) is 9.84. The second kappa shape index (κ2) is 7.30. The molecule has 4 rings (SSSR count). The topological polar surface area (TPSA) is 49.3 Å². The Kier molecular flexibility index (Phi) is 4.72. The Morgan fingerprint density at radius 1 is 1.00 bits per heavy atom. The van der Waals surface area contributed by atoms with Crippen molar-refractivity contribution in [2.24, 2.45) is 4.99 Å². The van der Waals surface area contributed by atoms with Gasteiger partial charge in [-0.05, 0) is 40.6 Å². The number of benzene rings is 1. The third-order valence-corrected chi connectivity index (χ3v) is 5.72. The molecule has 0 saturated heterocycles. The van der Waals surface area contributed by atoms with Gasteiger partial charge in [0, 0.05) is 16.1 Å². The number of aliphatic imine (C=N–C) groups is 1. The minimum absolute atomic E-state index is 0.314. The summed E-state index contributed by atoms with van der Waals surface area (Å²) in [5.74, 6) is 0.997. The highest BCUT2D eigenvalue weighted by atomic mass is 35.5. The van der Waals surface area contributed by atoms with Crippen LogP contribution in [0.2, 0.25) is 5.02 Å². The molecule has 3 aromatic heterocycles. The molecule has 0 spiro atoms. The van der Waals surface area contributed by atoms with Crippen LogP contribution in [0, 0.1) is 11.3 Å². The standard InChI is InChI=1S/C20H11ClN2OS2/c21-14-7-5-13(6-8-14)12-23-20-15(11-22)18(16-3-1-9-25-16)19(24-20)17-4-2-10-26-17/h1-10,12H/b23-12+. The third-order valence-electron chi connectivity index (χ3n) is 3.71. The van der Waals surface area contributed by atoms with Crippen molar-refractivity contribution in [2.45, 2.75) is 0 Å². The summed E-state index contributed by atoms with van der Waals surface area (Å²) < 4.78 is 6.02. The van der Waals surface area contributed by atoms with E-state index >= 15 is 0 Å². The quantitative estimate of drug-likeness (QED) is 0.349. The van der Waals surface area contributed by atoms with Crippen molar-refractivity contribution in [3.63, 3.8) is 0 Å². The van der Waals surface area contributed by atoms with Crippen molar-refractivity contribution in [2.75, 3.05) is 0 Å². The molecule has 0 radical (unpaired) electrons. The van der Waals surface area contributed by atoms with Gasteiger partial charge in [-0.25, -0.2) is 4.99 Å². The molecular formula is C20H11ClN2OS2. The van der Waals surface area contributed by atoms with Crippen LogP contribution in [-0.2, 0) is 0 Å². The minimum Gasteiger partial charge on any atom is -0.435 e. The highest BCUT2D eigenvalue weighted by molar-refractivity contribution is 7.14. The lowest BCUT2D eigenvalue weighted by molar-refractivity contribution is 0.594. The number of thiophene rings is 2. The molecule has 0 bridgehead atoms. The number of rotatable bonds is 4. The smallest absolute Gasteiger partial charge is 0.238 e. The Morgan fingerprint density at radius 2 is 1.69 bits per heavy atom. The van der Waals surface area contributed by atoms with Crippen LogP contribution in [0.25, 0.3) is 21.1 Å². The summed E-state index contributed by atoms with van der Waals surface area (Å²) in [6.07, 6.45) is 1.67. The van der Waals surface area contributed by atoms with E-state index in [1.807, 2.05) is 47.2 Å². The second-order valence-corrected chi connectivity index (χ2v) is 7.69. The van der Waals surface area contributed by atoms with Crippen molar-refractivity contribution in [1.82, 2.24) is 0 Å². The van der Waals surface area contributed by atoms with E-state index in [-0.39, 0.29) is 0 Å². The molecule has 26 heavy (non-hydrogen) atoms. The molecule has 3 nitrogen and oxygen atoms in total. The lowest BCUT2D eigenvalue weighted by atomic mass is 10.1. The largest absolute Gasteiger partial charge is 0.435 e. The second-order valence-electron chi connectivity index (χ2n) is 5.36. The fourth-order valence-electron chi connectivity index (χ4n) is 2.53. The van der Waals surface area contributed by atoms with E-state index in [2.05, 4.69) is 11.1 Å². The maximum atomic E-state index is 9.75. The van der Waals surface area contributed by atoms with E-state index < -0.39 is 0 Å². The van der Waals surface area contributed by atoms with Crippen LogP contribution in [0.3, 0.4) is 0 Å². The molecular weight excluding hydrogens is 384 g/mol. The SMILES string of the molecule is N#Cc1c(/N=C/c2ccc(Cl)cc2)oc(-c2cccs2)c1-c1cccs1. The van der Waals surface area contributed by atoms with Gasteiger partial charge in [0.1, 0.15) is 11.6 Å². The molecule has 0 amide bonds. The first-order valence-electron chi connectivity index (χ1n) is 7.70. The Hall–Kier alpha value is -2.65. The maximum Gasteiger partial charge on any atom is 0.238 e. The van der Waals surface area contributed by atoms with E-state index in [0.29, 0.717) is 22.2 Å². The fourth-order valence-corrected chi connectivity index (χ4v) is 4.14. The van der Waals surface area contributed by atoms with Crippen LogP contribution in [0.4, 0.5) is 5.88 Å². The van der Waals surface area contributed by atoms with Gasteiger partial charge >= 0.3 is 0 Å². The van der Waals surface area contributed by atoms with Crippen LogP contribution in [0.15, 0.2) is 68.7 Å². The Bertz CT molecular complexity index is 1090. The van der Waals surface area contributed by atoms with Gasteiger partial charge in [-0.15, -0.1) is 22.7 Å². The number of nitrogens with zero attached hydrogens (tertiary/aromatic N) is 2. The normalized spacial score (nSPS) is 11.1. The van der Waals surface area contributed by atoms with Gasteiger partial charge in [0.15, 0.2) is 5.76 Å². The zero-order valence-corrected chi connectivity index (χ0v) is 15.7. The summed E-state index contributed by atoms with van der Waals surface area (Å²) in [7, 11) is 0. The van der Waals surface area contributed by atoms with Gasteiger partial charge in [0.2, 0.25) is 5.88 Å². The van der Waals surface area contributed by atoms with Crippen molar-refractivity contribution < 1.29 is 4.42 Å². The van der Waals surface area contributed by atoms with E-state index in [1.165, 1.54) is 0 Å². The van der Waals surface area contributed by atoms with E-state index in [1.54, 1.807) is 41.0 Å². The first kappa shape index (κ1) is 16.8. The van der Waals surface area contributed by atoms with Crippen LogP contribution in [0.1, 0.15) is 11.1 Å². The van der Waals surface area contributed by atoms with E-state index in [0.717, 1.165) is 20.9 Å². The van der Waals surface area contributed by atoms with E-state index in [9.17, 15) is 5.26 Å². The van der Waals surface area contributed by atoms with Crippen LogP contribution in [0.5, 0.6) is 0 Å². The lowest BCUT2D eigenvalue weighted by Crippen LogP contribution is -1.80. The Balaban J connectivity index is 1.84. The molecule has 0 aliphatic rings. The number of hydrogen-bond acceptors (Lipinski definition) is 5. The Morgan fingerprint density at radius 3 is 2.31 bits per heavy atom. The van der Waals surface area contributed by atoms with Gasteiger partial charge in [-0.3, -0.25) is 0 Å². The molecule has 0 atom stereocenters. The van der Waals surface area contributed by atoms with Gasteiger partial charge in [0.25, 0.3) is 0 Å². The fraction of sp³-hybridized carbons (Fsp3) is 0. The third kappa shape index (κ3) is 3.23. The van der Waals surface area contributed by atoms with Gasteiger partial charge in [0.05, 0.1) is 10.4 Å². The van der Waals surface area contributed by atoms with Crippen LogP contribution < -0.4 is 0 Å². The van der Waals surface area contributed by atoms with Crippen molar-refractivity contribution >= 4 is 46.4 Å². The molecule has 4 aromatic rings. The van der Waals surface area contributed by atoms with E-state index in [4.69, 9.17) is 16.0 Å². The molecule has 126 valence electrons. The summed E-state index contributed by atoms with van der Waals surface area (Å²) in [5, 5.41) is 14.4. The minimum atomic E-state index is 0.314. The first-order chi connectivity index (χ1) is 12.8. The monoisotopic (exact) mass is 394 g/mol.